The molecule has 106 valence electrons. The number of rotatable bonds is 6. The van der Waals surface area contributed by atoms with Crippen LogP contribution in [0.3, 0.4) is 0 Å². The van der Waals surface area contributed by atoms with Crippen LogP contribution >= 0.6 is 0 Å². The van der Waals surface area contributed by atoms with Crippen LogP contribution in [0.4, 0.5) is 0 Å². The molecule has 0 radical (unpaired) electrons. The summed E-state index contributed by atoms with van der Waals surface area (Å²) in [7, 11) is 0. The molecule has 0 aromatic heterocycles. The Morgan fingerprint density at radius 3 is 2.50 bits per heavy atom. The van der Waals surface area contributed by atoms with E-state index in [2.05, 4.69) is 24.1 Å². The van der Waals surface area contributed by atoms with Gasteiger partial charge < -0.3 is 10.1 Å². The Bertz CT molecular complexity index is 233. The molecule has 0 aromatic carbocycles. The first-order valence-corrected chi connectivity index (χ1v) is 7.78. The summed E-state index contributed by atoms with van der Waals surface area (Å²) >= 11 is 0. The van der Waals surface area contributed by atoms with Gasteiger partial charge in [0.1, 0.15) is 0 Å². The lowest BCUT2D eigenvalue weighted by Gasteiger charge is -2.33. The van der Waals surface area contributed by atoms with Crippen molar-refractivity contribution in [2.24, 2.45) is 5.41 Å². The van der Waals surface area contributed by atoms with E-state index in [4.69, 9.17) is 4.74 Å². The molecule has 2 fully saturated rings. The zero-order chi connectivity index (χ0) is 12.8. The lowest BCUT2D eigenvalue weighted by Crippen LogP contribution is -2.46. The molecule has 0 bridgehead atoms. The molecule has 18 heavy (non-hydrogen) atoms. The molecule has 3 heteroatoms. The maximum atomic E-state index is 5.39. The SMILES string of the molecule is CCC1(CNC(C)CN2CCOCC2)CCCC1. The van der Waals surface area contributed by atoms with Gasteiger partial charge in [-0.3, -0.25) is 4.90 Å². The number of morpholine rings is 1. The van der Waals surface area contributed by atoms with E-state index in [0.29, 0.717) is 11.5 Å². The molecule has 1 aliphatic carbocycles. The molecule has 0 spiro atoms. The number of nitrogens with zero attached hydrogens (tertiary/aromatic N) is 1. The van der Waals surface area contributed by atoms with Gasteiger partial charge in [-0.05, 0) is 31.6 Å². The number of nitrogens with one attached hydrogen (secondary N) is 1. The van der Waals surface area contributed by atoms with Crippen LogP contribution in [-0.2, 0) is 4.74 Å². The van der Waals surface area contributed by atoms with Crippen LogP contribution in [0.2, 0.25) is 0 Å². The molecule has 1 saturated carbocycles. The highest BCUT2D eigenvalue weighted by atomic mass is 16.5. The number of hydrogen-bond donors (Lipinski definition) is 1. The van der Waals surface area contributed by atoms with Crippen molar-refractivity contribution < 1.29 is 4.74 Å². The van der Waals surface area contributed by atoms with Gasteiger partial charge in [0.05, 0.1) is 13.2 Å². The first-order chi connectivity index (χ1) is 8.74. The van der Waals surface area contributed by atoms with Crippen LogP contribution in [0.25, 0.3) is 0 Å². The van der Waals surface area contributed by atoms with E-state index in [9.17, 15) is 0 Å². The van der Waals surface area contributed by atoms with Gasteiger partial charge in [-0.15, -0.1) is 0 Å². The van der Waals surface area contributed by atoms with Gasteiger partial charge in [0, 0.05) is 32.2 Å². The van der Waals surface area contributed by atoms with Gasteiger partial charge >= 0.3 is 0 Å². The van der Waals surface area contributed by atoms with Gasteiger partial charge in [0.2, 0.25) is 0 Å². The highest BCUT2D eigenvalue weighted by molar-refractivity contribution is 4.86. The second-order valence-corrected chi connectivity index (χ2v) is 6.26. The van der Waals surface area contributed by atoms with Crippen LogP contribution in [0.5, 0.6) is 0 Å². The monoisotopic (exact) mass is 254 g/mol. The third-order valence-electron chi connectivity index (χ3n) is 4.88. The maximum Gasteiger partial charge on any atom is 0.0594 e. The minimum atomic E-state index is 0.604. The number of hydrogen-bond acceptors (Lipinski definition) is 3. The lowest BCUT2D eigenvalue weighted by molar-refractivity contribution is 0.0337. The summed E-state index contributed by atoms with van der Waals surface area (Å²) in [6.07, 6.45) is 7.08. The van der Waals surface area contributed by atoms with Crippen molar-refractivity contribution in [1.82, 2.24) is 10.2 Å². The standard InChI is InChI=1S/C15H30N2O/c1-3-15(6-4-5-7-15)13-16-14(2)12-17-8-10-18-11-9-17/h14,16H,3-13H2,1-2H3. The first kappa shape index (κ1) is 14.3. The van der Waals surface area contributed by atoms with Crippen molar-refractivity contribution in [3.05, 3.63) is 0 Å². The van der Waals surface area contributed by atoms with Crippen LogP contribution in [0, 0.1) is 5.41 Å². The summed E-state index contributed by atoms with van der Waals surface area (Å²) < 4.78 is 5.39. The molecule has 1 atom stereocenters. The highest BCUT2D eigenvalue weighted by Crippen LogP contribution is 2.40. The Morgan fingerprint density at radius 2 is 1.89 bits per heavy atom. The van der Waals surface area contributed by atoms with E-state index in [1.807, 2.05) is 0 Å². The van der Waals surface area contributed by atoms with Gasteiger partial charge in [-0.2, -0.15) is 0 Å². The van der Waals surface area contributed by atoms with E-state index in [1.165, 1.54) is 45.2 Å². The van der Waals surface area contributed by atoms with Crippen molar-refractivity contribution in [2.45, 2.75) is 52.0 Å². The minimum Gasteiger partial charge on any atom is -0.379 e. The van der Waals surface area contributed by atoms with Crippen molar-refractivity contribution in [1.29, 1.82) is 0 Å². The third-order valence-corrected chi connectivity index (χ3v) is 4.88. The van der Waals surface area contributed by atoms with Gasteiger partial charge in [-0.25, -0.2) is 0 Å². The molecule has 3 nitrogen and oxygen atoms in total. The van der Waals surface area contributed by atoms with Crippen LogP contribution < -0.4 is 5.32 Å². The second-order valence-electron chi connectivity index (χ2n) is 6.26. The van der Waals surface area contributed by atoms with E-state index < -0.39 is 0 Å². The Kier molecular flexibility index (Phi) is 5.46. The van der Waals surface area contributed by atoms with E-state index >= 15 is 0 Å². The molecule has 1 saturated heterocycles. The van der Waals surface area contributed by atoms with E-state index in [-0.39, 0.29) is 0 Å². The van der Waals surface area contributed by atoms with Crippen LogP contribution in [-0.4, -0.2) is 50.3 Å². The molecule has 1 aliphatic heterocycles. The average Bonchev–Trinajstić information content (AvgIpc) is 2.87. The molecule has 1 unspecified atom stereocenters. The van der Waals surface area contributed by atoms with Crippen molar-refractivity contribution in [3.8, 4) is 0 Å². The zero-order valence-corrected chi connectivity index (χ0v) is 12.2. The third kappa shape index (κ3) is 3.94. The molecule has 1 heterocycles. The largest absolute Gasteiger partial charge is 0.379 e. The normalized spacial score (nSPS) is 26.3. The molecule has 2 aliphatic rings. The lowest BCUT2D eigenvalue weighted by atomic mass is 9.83. The van der Waals surface area contributed by atoms with Crippen molar-refractivity contribution in [3.63, 3.8) is 0 Å². The fourth-order valence-electron chi connectivity index (χ4n) is 3.41. The summed E-state index contributed by atoms with van der Waals surface area (Å²) in [5.41, 5.74) is 0.610. The van der Waals surface area contributed by atoms with Crippen molar-refractivity contribution >= 4 is 0 Å². The zero-order valence-electron chi connectivity index (χ0n) is 12.2. The summed E-state index contributed by atoms with van der Waals surface area (Å²) in [5.74, 6) is 0. The topological polar surface area (TPSA) is 24.5 Å². The number of ether oxygens (including phenoxy) is 1. The van der Waals surface area contributed by atoms with Gasteiger partial charge in [-0.1, -0.05) is 19.8 Å². The minimum absolute atomic E-state index is 0.604. The highest BCUT2D eigenvalue weighted by Gasteiger charge is 2.31. The summed E-state index contributed by atoms with van der Waals surface area (Å²) in [4.78, 5) is 2.52. The van der Waals surface area contributed by atoms with Gasteiger partial charge in [0.25, 0.3) is 0 Å². The molecule has 1 N–H and O–H groups in total. The molecular weight excluding hydrogens is 224 g/mol. The quantitative estimate of drug-likeness (QED) is 0.787. The Hall–Kier alpha value is -0.120. The predicted octanol–water partition coefficient (Wildman–Crippen LogP) is 2.27. The van der Waals surface area contributed by atoms with Crippen LogP contribution in [0.15, 0.2) is 0 Å². The average molecular weight is 254 g/mol. The van der Waals surface area contributed by atoms with E-state index in [0.717, 1.165) is 26.3 Å². The Morgan fingerprint density at radius 1 is 1.22 bits per heavy atom. The first-order valence-electron chi connectivity index (χ1n) is 7.78. The fourth-order valence-corrected chi connectivity index (χ4v) is 3.41. The fraction of sp³-hybridized carbons (Fsp3) is 1.00. The van der Waals surface area contributed by atoms with Crippen molar-refractivity contribution in [2.75, 3.05) is 39.4 Å². The van der Waals surface area contributed by atoms with Crippen LogP contribution in [0.1, 0.15) is 46.0 Å². The Balaban J connectivity index is 1.68. The second kappa shape index (κ2) is 6.88. The predicted molar refractivity (Wildman–Crippen MR) is 75.9 cm³/mol. The molecule has 0 amide bonds. The smallest absolute Gasteiger partial charge is 0.0594 e. The summed E-state index contributed by atoms with van der Waals surface area (Å²) in [6.45, 7) is 11.1. The molecule has 2 rings (SSSR count). The van der Waals surface area contributed by atoms with E-state index in [1.54, 1.807) is 0 Å². The Labute approximate surface area is 112 Å². The molecular formula is C15H30N2O. The summed E-state index contributed by atoms with van der Waals surface area (Å²) in [6, 6.07) is 0.604. The molecule has 0 aromatic rings. The van der Waals surface area contributed by atoms with Gasteiger partial charge in [0.15, 0.2) is 0 Å². The maximum absolute atomic E-state index is 5.39. The summed E-state index contributed by atoms with van der Waals surface area (Å²) in [5, 5.41) is 3.78.